The summed E-state index contributed by atoms with van der Waals surface area (Å²) in [5, 5.41) is 6.30. The first-order valence-corrected chi connectivity index (χ1v) is 9.74. The average molecular weight is 318 g/mol. The summed E-state index contributed by atoms with van der Waals surface area (Å²) < 4.78 is 22.0. The van der Waals surface area contributed by atoms with Crippen molar-refractivity contribution in [3.8, 4) is 0 Å². The third-order valence-electron chi connectivity index (χ3n) is 3.32. The molecule has 1 saturated heterocycles. The van der Waals surface area contributed by atoms with Gasteiger partial charge in [-0.25, -0.2) is 13.4 Å². The summed E-state index contributed by atoms with van der Waals surface area (Å²) in [6, 6.07) is 0. The lowest BCUT2D eigenvalue weighted by molar-refractivity contribution is 0.258. The zero-order valence-electron chi connectivity index (χ0n) is 11.8. The Balaban J connectivity index is 1.58. The van der Waals surface area contributed by atoms with Gasteiger partial charge >= 0.3 is 0 Å². The number of anilines is 1. The molecule has 0 aromatic carbocycles. The molecule has 6 nitrogen and oxygen atoms in total. The fourth-order valence-corrected chi connectivity index (χ4v) is 3.37. The van der Waals surface area contributed by atoms with Gasteiger partial charge in [0.05, 0.1) is 5.75 Å². The van der Waals surface area contributed by atoms with Gasteiger partial charge in [0, 0.05) is 63.6 Å². The summed E-state index contributed by atoms with van der Waals surface area (Å²) in [5.74, 6) is 0.213. The van der Waals surface area contributed by atoms with Crippen LogP contribution in [0.1, 0.15) is 0 Å². The van der Waals surface area contributed by atoms with Gasteiger partial charge in [0.25, 0.3) is 0 Å². The van der Waals surface area contributed by atoms with E-state index in [9.17, 15) is 8.42 Å². The lowest BCUT2D eigenvalue weighted by Crippen LogP contribution is -2.48. The molecule has 0 aliphatic carbocycles. The largest absolute Gasteiger partial charge is 0.346 e. The normalized spacial score (nSPS) is 17.6. The molecule has 1 aliphatic rings. The Kier molecular flexibility index (Phi) is 5.76. The molecule has 1 aliphatic heterocycles. The molecular formula is C12H22N4O2S2. The van der Waals surface area contributed by atoms with Crippen LogP contribution in [0.5, 0.6) is 0 Å². The molecule has 8 heteroatoms. The lowest BCUT2D eigenvalue weighted by atomic mass is 10.3. The van der Waals surface area contributed by atoms with Crippen LogP contribution in [0.25, 0.3) is 0 Å². The summed E-state index contributed by atoms with van der Waals surface area (Å²) in [5.41, 5.74) is 0. The van der Waals surface area contributed by atoms with Crippen LogP contribution in [0, 0.1) is 0 Å². The highest BCUT2D eigenvalue weighted by Crippen LogP contribution is 2.18. The van der Waals surface area contributed by atoms with Crippen molar-refractivity contribution in [1.82, 2.24) is 15.2 Å². The van der Waals surface area contributed by atoms with E-state index in [4.69, 9.17) is 0 Å². The monoisotopic (exact) mass is 318 g/mol. The van der Waals surface area contributed by atoms with Crippen molar-refractivity contribution in [3.63, 3.8) is 0 Å². The predicted molar refractivity (Wildman–Crippen MR) is 83.3 cm³/mol. The second-order valence-corrected chi connectivity index (χ2v) is 8.16. The fraction of sp³-hybridized carbons (Fsp3) is 0.750. The molecule has 1 N–H and O–H groups in total. The Morgan fingerprint density at radius 2 is 2.05 bits per heavy atom. The van der Waals surface area contributed by atoms with Gasteiger partial charge in [0.1, 0.15) is 9.84 Å². The van der Waals surface area contributed by atoms with E-state index in [0.717, 1.165) is 44.4 Å². The van der Waals surface area contributed by atoms with Crippen molar-refractivity contribution in [2.45, 2.75) is 0 Å². The van der Waals surface area contributed by atoms with Crippen LogP contribution in [0.3, 0.4) is 0 Å². The molecule has 0 amide bonds. The van der Waals surface area contributed by atoms with Crippen molar-refractivity contribution in [1.29, 1.82) is 0 Å². The van der Waals surface area contributed by atoms with Crippen molar-refractivity contribution >= 4 is 26.3 Å². The minimum absolute atomic E-state index is 0.213. The Morgan fingerprint density at radius 1 is 1.30 bits per heavy atom. The molecule has 1 aromatic rings. The maximum atomic E-state index is 11.0. The van der Waals surface area contributed by atoms with E-state index in [-0.39, 0.29) is 5.75 Å². The number of rotatable bonds is 7. The van der Waals surface area contributed by atoms with Crippen molar-refractivity contribution in [2.24, 2.45) is 0 Å². The highest BCUT2D eigenvalue weighted by Gasteiger charge is 2.17. The summed E-state index contributed by atoms with van der Waals surface area (Å²) in [4.78, 5) is 9.05. The molecule has 0 atom stereocenters. The van der Waals surface area contributed by atoms with Crippen molar-refractivity contribution in [3.05, 3.63) is 11.6 Å². The number of hydrogen-bond acceptors (Lipinski definition) is 7. The molecule has 2 rings (SSSR count). The topological polar surface area (TPSA) is 65.5 Å². The SMILES string of the molecule is CS(=O)(=O)CCNCCN1CCN(c2nccs2)CC1. The van der Waals surface area contributed by atoms with Crippen LogP contribution in [-0.4, -0.2) is 76.1 Å². The van der Waals surface area contributed by atoms with Gasteiger partial charge in [-0.2, -0.15) is 0 Å². The highest BCUT2D eigenvalue weighted by molar-refractivity contribution is 7.90. The van der Waals surface area contributed by atoms with Gasteiger partial charge in [-0.05, 0) is 0 Å². The minimum Gasteiger partial charge on any atom is -0.346 e. The van der Waals surface area contributed by atoms with Crippen LogP contribution < -0.4 is 10.2 Å². The third-order valence-corrected chi connectivity index (χ3v) is 5.09. The smallest absolute Gasteiger partial charge is 0.185 e. The molecule has 20 heavy (non-hydrogen) atoms. The number of thiazole rings is 1. The van der Waals surface area contributed by atoms with Crippen LogP contribution in [0.15, 0.2) is 11.6 Å². The standard InChI is InChI=1S/C12H22N4O2S2/c1-20(17,18)11-4-13-2-5-15-6-8-16(9-7-15)12-14-3-10-19-12/h3,10,13H,2,4-9,11H2,1H3. The second kappa shape index (κ2) is 7.35. The van der Waals surface area contributed by atoms with Crippen molar-refractivity contribution < 1.29 is 8.42 Å². The maximum absolute atomic E-state index is 11.0. The molecule has 0 radical (unpaired) electrons. The number of hydrogen-bond donors (Lipinski definition) is 1. The highest BCUT2D eigenvalue weighted by atomic mass is 32.2. The quantitative estimate of drug-likeness (QED) is 0.708. The molecular weight excluding hydrogens is 296 g/mol. The molecule has 2 heterocycles. The van der Waals surface area contributed by atoms with E-state index >= 15 is 0 Å². The van der Waals surface area contributed by atoms with E-state index in [1.165, 1.54) is 6.26 Å². The lowest BCUT2D eigenvalue weighted by Gasteiger charge is -2.34. The van der Waals surface area contributed by atoms with Gasteiger partial charge in [0.15, 0.2) is 5.13 Å². The molecule has 0 saturated carbocycles. The van der Waals surface area contributed by atoms with E-state index in [2.05, 4.69) is 20.1 Å². The van der Waals surface area contributed by atoms with E-state index in [1.807, 2.05) is 11.6 Å². The van der Waals surface area contributed by atoms with Crippen LogP contribution >= 0.6 is 11.3 Å². The number of nitrogens with one attached hydrogen (secondary N) is 1. The third kappa shape index (κ3) is 5.35. The van der Waals surface area contributed by atoms with Gasteiger partial charge in [-0.3, -0.25) is 4.90 Å². The Hall–Kier alpha value is -0.700. The number of nitrogens with zero attached hydrogens (tertiary/aromatic N) is 3. The van der Waals surface area contributed by atoms with E-state index in [1.54, 1.807) is 11.3 Å². The van der Waals surface area contributed by atoms with Crippen LogP contribution in [0.4, 0.5) is 5.13 Å². The first-order valence-electron chi connectivity index (χ1n) is 6.80. The van der Waals surface area contributed by atoms with Gasteiger partial charge < -0.3 is 10.2 Å². The Morgan fingerprint density at radius 3 is 2.65 bits per heavy atom. The first-order chi connectivity index (χ1) is 9.54. The number of piperazine rings is 1. The molecule has 1 aromatic heterocycles. The predicted octanol–water partition coefficient (Wildman–Crippen LogP) is -0.101. The van der Waals surface area contributed by atoms with E-state index < -0.39 is 9.84 Å². The molecule has 0 unspecified atom stereocenters. The summed E-state index contributed by atoms with van der Waals surface area (Å²) in [7, 11) is -2.85. The maximum Gasteiger partial charge on any atom is 0.185 e. The zero-order chi connectivity index (χ0) is 14.4. The first kappa shape index (κ1) is 15.7. The second-order valence-electron chi connectivity index (χ2n) is 5.02. The average Bonchev–Trinajstić information content (AvgIpc) is 2.92. The van der Waals surface area contributed by atoms with Crippen molar-refractivity contribution in [2.75, 3.05) is 62.7 Å². The Labute approximate surface area is 124 Å². The molecule has 0 bridgehead atoms. The zero-order valence-corrected chi connectivity index (χ0v) is 13.4. The number of aromatic nitrogens is 1. The Bertz CT molecular complexity index is 482. The van der Waals surface area contributed by atoms with Gasteiger partial charge in [-0.15, -0.1) is 11.3 Å². The van der Waals surface area contributed by atoms with Crippen LogP contribution in [-0.2, 0) is 9.84 Å². The molecule has 114 valence electrons. The summed E-state index contributed by atoms with van der Waals surface area (Å²) >= 11 is 1.68. The minimum atomic E-state index is -2.85. The number of sulfone groups is 1. The van der Waals surface area contributed by atoms with Gasteiger partial charge in [0.2, 0.25) is 0 Å². The van der Waals surface area contributed by atoms with E-state index in [0.29, 0.717) is 6.54 Å². The molecule has 1 fully saturated rings. The van der Waals surface area contributed by atoms with Gasteiger partial charge in [-0.1, -0.05) is 0 Å². The fourth-order valence-electron chi connectivity index (χ4n) is 2.15. The van der Waals surface area contributed by atoms with Crippen LogP contribution in [0.2, 0.25) is 0 Å². The summed E-state index contributed by atoms with van der Waals surface area (Å²) in [6.07, 6.45) is 3.12. The summed E-state index contributed by atoms with van der Waals surface area (Å²) in [6.45, 7) is 6.44. The molecule has 0 spiro atoms.